The van der Waals surface area contributed by atoms with Crippen LogP contribution in [0.5, 0.6) is 5.75 Å². The first kappa shape index (κ1) is 19.4. The molecule has 0 aromatic heterocycles. The van der Waals surface area contributed by atoms with Gasteiger partial charge in [0.05, 0.1) is 0 Å². The summed E-state index contributed by atoms with van der Waals surface area (Å²) in [4.78, 5) is 24.8. The second kappa shape index (κ2) is 8.96. The predicted molar refractivity (Wildman–Crippen MR) is 107 cm³/mol. The van der Waals surface area contributed by atoms with Gasteiger partial charge in [-0.15, -0.1) is 0 Å². The first-order valence-corrected chi connectivity index (χ1v) is 8.40. The second-order valence-electron chi connectivity index (χ2n) is 5.73. The van der Waals surface area contributed by atoms with Crippen molar-refractivity contribution in [1.29, 1.82) is 0 Å². The van der Waals surface area contributed by atoms with E-state index < -0.39 is 0 Å². The molecule has 0 saturated heterocycles. The van der Waals surface area contributed by atoms with Crippen LogP contribution in [0.1, 0.15) is 12.5 Å². The Morgan fingerprint density at radius 2 is 1.69 bits per heavy atom. The van der Waals surface area contributed by atoms with Gasteiger partial charge < -0.3 is 15.0 Å². The van der Waals surface area contributed by atoms with Crippen LogP contribution in [0.25, 0.3) is 0 Å². The summed E-state index contributed by atoms with van der Waals surface area (Å²) in [6.07, 6.45) is 0. The maximum Gasteiger partial charge on any atom is 0.264 e. The summed E-state index contributed by atoms with van der Waals surface area (Å²) in [7, 11) is 1.70. The average molecular weight is 371 g/mol. The van der Waals surface area contributed by atoms with Crippen LogP contribution in [0, 0.1) is 6.92 Å². The number of rotatable bonds is 5. The van der Waals surface area contributed by atoms with E-state index in [0.717, 1.165) is 11.3 Å². The third kappa shape index (κ3) is 5.86. The largest absolute Gasteiger partial charge is 0.484 e. The maximum atomic E-state index is 11.9. The molecular weight excluding hydrogens is 350 g/mol. The van der Waals surface area contributed by atoms with Crippen LogP contribution in [0.2, 0.25) is 0 Å². The van der Waals surface area contributed by atoms with E-state index >= 15 is 0 Å². The number of hydrogen-bond donors (Lipinski definition) is 2. The van der Waals surface area contributed by atoms with E-state index in [1.165, 1.54) is 11.8 Å². The highest BCUT2D eigenvalue weighted by Gasteiger charge is 2.08. The molecule has 2 aromatic rings. The Kier molecular flexibility index (Phi) is 6.68. The smallest absolute Gasteiger partial charge is 0.264 e. The molecule has 0 unspecified atom stereocenters. The zero-order valence-corrected chi connectivity index (χ0v) is 15.7. The van der Waals surface area contributed by atoms with E-state index in [9.17, 15) is 9.59 Å². The first-order valence-electron chi connectivity index (χ1n) is 8.00. The molecule has 136 valence electrons. The number of benzene rings is 2. The van der Waals surface area contributed by atoms with Crippen molar-refractivity contribution in [1.82, 2.24) is 5.32 Å². The Labute approximate surface area is 158 Å². The van der Waals surface area contributed by atoms with E-state index in [1.807, 2.05) is 19.1 Å². The minimum absolute atomic E-state index is 0.0536. The second-order valence-corrected chi connectivity index (χ2v) is 6.14. The molecule has 0 atom stereocenters. The van der Waals surface area contributed by atoms with Crippen LogP contribution in [0.4, 0.5) is 11.4 Å². The van der Waals surface area contributed by atoms with Gasteiger partial charge in [0, 0.05) is 25.3 Å². The fourth-order valence-corrected chi connectivity index (χ4v) is 2.29. The molecule has 0 saturated carbocycles. The van der Waals surface area contributed by atoms with Gasteiger partial charge in [-0.3, -0.25) is 14.9 Å². The van der Waals surface area contributed by atoms with Gasteiger partial charge in [0.1, 0.15) is 5.75 Å². The molecule has 2 N–H and O–H groups in total. The lowest BCUT2D eigenvalue weighted by molar-refractivity contribution is -0.121. The van der Waals surface area contributed by atoms with Gasteiger partial charge in [0.2, 0.25) is 5.91 Å². The molecule has 0 bridgehead atoms. The van der Waals surface area contributed by atoms with Crippen LogP contribution in [0.3, 0.4) is 0 Å². The summed E-state index contributed by atoms with van der Waals surface area (Å²) in [6, 6.07) is 14.5. The number of anilines is 2. The SMILES string of the molecule is CC(=O)N(C)c1ccc(NC(=S)NC(=O)COc2ccc(C)cc2)cc1. The summed E-state index contributed by atoms with van der Waals surface area (Å²) in [5.74, 6) is 0.216. The molecule has 0 heterocycles. The van der Waals surface area contributed by atoms with Gasteiger partial charge in [-0.05, 0) is 55.5 Å². The molecule has 0 aliphatic heterocycles. The molecule has 0 aliphatic carbocycles. The highest BCUT2D eigenvalue weighted by Crippen LogP contribution is 2.17. The van der Waals surface area contributed by atoms with E-state index in [4.69, 9.17) is 17.0 Å². The molecule has 7 heteroatoms. The number of ether oxygens (including phenoxy) is 1. The molecule has 6 nitrogen and oxygen atoms in total. The zero-order valence-electron chi connectivity index (χ0n) is 14.9. The van der Waals surface area contributed by atoms with E-state index in [-0.39, 0.29) is 23.5 Å². The topological polar surface area (TPSA) is 70.7 Å². The normalized spacial score (nSPS) is 9.96. The molecular formula is C19H21N3O3S. The fourth-order valence-electron chi connectivity index (χ4n) is 2.06. The van der Waals surface area contributed by atoms with Crippen LogP contribution in [-0.4, -0.2) is 30.6 Å². The lowest BCUT2D eigenvalue weighted by Crippen LogP contribution is -2.37. The monoisotopic (exact) mass is 371 g/mol. The minimum atomic E-state index is -0.351. The number of nitrogens with zero attached hydrogens (tertiary/aromatic N) is 1. The highest BCUT2D eigenvalue weighted by atomic mass is 32.1. The molecule has 26 heavy (non-hydrogen) atoms. The molecule has 2 aromatic carbocycles. The number of carbonyl (C=O) groups excluding carboxylic acids is 2. The maximum absolute atomic E-state index is 11.9. The van der Waals surface area contributed by atoms with Crippen molar-refractivity contribution >= 4 is 40.5 Å². The fraction of sp³-hybridized carbons (Fsp3) is 0.211. The lowest BCUT2D eigenvalue weighted by Gasteiger charge is -2.16. The van der Waals surface area contributed by atoms with Gasteiger partial charge in [-0.2, -0.15) is 0 Å². The molecule has 2 rings (SSSR count). The van der Waals surface area contributed by atoms with Gasteiger partial charge in [0.25, 0.3) is 5.91 Å². The summed E-state index contributed by atoms with van der Waals surface area (Å²) in [6.45, 7) is 3.34. The Morgan fingerprint density at radius 3 is 2.27 bits per heavy atom. The van der Waals surface area contributed by atoms with Crippen molar-refractivity contribution in [2.75, 3.05) is 23.9 Å². The Bertz CT molecular complexity index is 789. The highest BCUT2D eigenvalue weighted by molar-refractivity contribution is 7.80. The van der Waals surface area contributed by atoms with E-state index in [2.05, 4.69) is 10.6 Å². The van der Waals surface area contributed by atoms with Crippen molar-refractivity contribution in [3.8, 4) is 5.75 Å². The molecule has 0 spiro atoms. The Balaban J connectivity index is 1.81. The van der Waals surface area contributed by atoms with Crippen molar-refractivity contribution in [2.24, 2.45) is 0 Å². The number of aryl methyl sites for hydroxylation is 1. The van der Waals surface area contributed by atoms with Crippen molar-refractivity contribution in [3.05, 3.63) is 54.1 Å². The quantitative estimate of drug-likeness (QED) is 0.791. The lowest BCUT2D eigenvalue weighted by atomic mass is 10.2. The molecule has 2 amide bonds. The number of nitrogens with one attached hydrogen (secondary N) is 2. The minimum Gasteiger partial charge on any atom is -0.484 e. The average Bonchev–Trinajstić information content (AvgIpc) is 2.61. The predicted octanol–water partition coefficient (Wildman–Crippen LogP) is 2.87. The van der Waals surface area contributed by atoms with Crippen LogP contribution < -0.4 is 20.3 Å². The summed E-state index contributed by atoms with van der Waals surface area (Å²) >= 11 is 5.12. The first-order chi connectivity index (χ1) is 12.3. The number of hydrogen-bond acceptors (Lipinski definition) is 4. The number of carbonyl (C=O) groups is 2. The summed E-state index contributed by atoms with van der Waals surface area (Å²) < 4.78 is 5.40. The van der Waals surface area contributed by atoms with Crippen LogP contribution in [-0.2, 0) is 9.59 Å². The molecule has 0 aliphatic rings. The van der Waals surface area contributed by atoms with Gasteiger partial charge in [-0.1, -0.05) is 17.7 Å². The van der Waals surface area contributed by atoms with Gasteiger partial charge in [-0.25, -0.2) is 0 Å². The van der Waals surface area contributed by atoms with Crippen molar-refractivity contribution in [2.45, 2.75) is 13.8 Å². The van der Waals surface area contributed by atoms with Crippen LogP contribution in [0.15, 0.2) is 48.5 Å². The standard InChI is InChI=1S/C19H21N3O3S/c1-13-4-10-17(11-5-13)25-12-18(24)21-19(26)20-15-6-8-16(9-7-15)22(3)14(2)23/h4-11H,12H2,1-3H3,(H2,20,21,24,26). The number of amides is 2. The molecule has 0 radical (unpaired) electrons. The van der Waals surface area contributed by atoms with Crippen LogP contribution >= 0.6 is 12.2 Å². The van der Waals surface area contributed by atoms with Crippen molar-refractivity contribution in [3.63, 3.8) is 0 Å². The molecule has 0 fully saturated rings. The number of thiocarbonyl (C=S) groups is 1. The third-order valence-corrected chi connectivity index (χ3v) is 3.83. The Morgan fingerprint density at radius 1 is 1.08 bits per heavy atom. The third-order valence-electron chi connectivity index (χ3n) is 3.63. The summed E-state index contributed by atoms with van der Waals surface area (Å²) in [5, 5.41) is 5.65. The zero-order chi connectivity index (χ0) is 19.1. The Hall–Kier alpha value is -2.93. The van der Waals surface area contributed by atoms with Gasteiger partial charge >= 0.3 is 0 Å². The summed E-state index contributed by atoms with van der Waals surface area (Å²) in [5.41, 5.74) is 2.59. The van der Waals surface area contributed by atoms with Gasteiger partial charge in [0.15, 0.2) is 11.7 Å². The van der Waals surface area contributed by atoms with Crippen molar-refractivity contribution < 1.29 is 14.3 Å². The van der Waals surface area contributed by atoms with E-state index in [0.29, 0.717) is 11.4 Å². The van der Waals surface area contributed by atoms with E-state index in [1.54, 1.807) is 43.4 Å².